The molecular formula is C20H18N4O4S. The predicted molar refractivity (Wildman–Crippen MR) is 107 cm³/mol. The van der Waals surface area contributed by atoms with Crippen molar-refractivity contribution in [2.24, 2.45) is 0 Å². The lowest BCUT2D eigenvalue weighted by atomic mass is 10.1. The zero-order valence-electron chi connectivity index (χ0n) is 15.3. The molecule has 2 amide bonds. The first-order valence-electron chi connectivity index (χ1n) is 8.98. The first-order chi connectivity index (χ1) is 14.0. The van der Waals surface area contributed by atoms with E-state index in [1.807, 2.05) is 18.2 Å². The van der Waals surface area contributed by atoms with Gasteiger partial charge in [0.2, 0.25) is 5.91 Å². The van der Waals surface area contributed by atoms with Crippen molar-refractivity contribution < 1.29 is 18.0 Å². The quantitative estimate of drug-likeness (QED) is 0.620. The van der Waals surface area contributed by atoms with Crippen LogP contribution in [0.15, 0.2) is 65.8 Å². The second-order valence-electron chi connectivity index (χ2n) is 6.60. The van der Waals surface area contributed by atoms with Crippen molar-refractivity contribution in [3.8, 4) is 0 Å². The topological polar surface area (TPSA) is 108 Å². The fraction of sp³-hybridized carbons (Fsp3) is 0.150. The Labute approximate surface area is 167 Å². The number of carbonyl (C=O) groups excluding carboxylic acids is 2. The molecule has 0 saturated heterocycles. The predicted octanol–water partition coefficient (Wildman–Crippen LogP) is 1.52. The van der Waals surface area contributed by atoms with Gasteiger partial charge < -0.3 is 0 Å². The number of pyridine rings is 1. The van der Waals surface area contributed by atoms with Crippen molar-refractivity contribution in [2.75, 3.05) is 10.8 Å². The van der Waals surface area contributed by atoms with Gasteiger partial charge in [0.1, 0.15) is 6.54 Å². The highest BCUT2D eigenvalue weighted by atomic mass is 32.2. The number of rotatable bonds is 5. The largest absolute Gasteiger partial charge is 0.273 e. The van der Waals surface area contributed by atoms with Gasteiger partial charge >= 0.3 is 0 Å². The zero-order chi connectivity index (χ0) is 20.4. The summed E-state index contributed by atoms with van der Waals surface area (Å²) in [7, 11) is -3.83. The maximum absolute atomic E-state index is 12.9. The van der Waals surface area contributed by atoms with Gasteiger partial charge in [0.15, 0.2) is 0 Å². The minimum atomic E-state index is -3.83. The molecule has 0 unspecified atom stereocenters. The van der Waals surface area contributed by atoms with E-state index in [1.165, 1.54) is 6.07 Å². The number of aryl methyl sites for hydroxylation is 1. The Balaban J connectivity index is 1.39. The van der Waals surface area contributed by atoms with E-state index in [0.29, 0.717) is 17.5 Å². The van der Waals surface area contributed by atoms with Crippen molar-refractivity contribution in [3.63, 3.8) is 0 Å². The lowest BCUT2D eigenvalue weighted by Crippen LogP contribution is -2.47. The second kappa shape index (κ2) is 7.51. The molecule has 3 aromatic rings. The van der Waals surface area contributed by atoms with Crippen LogP contribution in [0.5, 0.6) is 0 Å². The SMILES string of the molecule is O=C(CCc1cccnc1)NNC(=O)CN1c2cccc3cccc(c23)S1(=O)=O. The summed E-state index contributed by atoms with van der Waals surface area (Å²) in [5, 5.41) is 1.39. The number of nitrogens with one attached hydrogen (secondary N) is 2. The summed E-state index contributed by atoms with van der Waals surface area (Å²) in [6.45, 7) is -0.432. The number of anilines is 1. The Hall–Kier alpha value is -3.46. The summed E-state index contributed by atoms with van der Waals surface area (Å²) >= 11 is 0. The minimum absolute atomic E-state index is 0.165. The van der Waals surface area contributed by atoms with Crippen molar-refractivity contribution in [2.45, 2.75) is 17.7 Å². The molecule has 0 aliphatic carbocycles. The van der Waals surface area contributed by atoms with E-state index in [4.69, 9.17) is 0 Å². The molecule has 0 atom stereocenters. The molecule has 2 heterocycles. The molecule has 9 heteroatoms. The number of benzene rings is 2. The van der Waals surface area contributed by atoms with Crippen molar-refractivity contribution in [1.29, 1.82) is 0 Å². The average Bonchev–Trinajstić information content (AvgIpc) is 2.95. The standard InChI is InChI=1S/C20H18N4O4S/c25-18(10-9-14-4-3-11-21-12-14)22-23-19(26)13-24-16-7-1-5-15-6-2-8-17(20(15)16)29(24,27)28/h1-8,11-12H,9-10,13H2,(H,22,25)(H,23,26). The smallest absolute Gasteiger partial charge is 0.265 e. The first-order valence-corrected chi connectivity index (χ1v) is 10.4. The number of sulfonamides is 1. The van der Waals surface area contributed by atoms with Crippen molar-refractivity contribution >= 4 is 38.3 Å². The van der Waals surface area contributed by atoms with Crippen LogP contribution in [0.25, 0.3) is 10.8 Å². The monoisotopic (exact) mass is 410 g/mol. The van der Waals surface area contributed by atoms with E-state index in [-0.39, 0.29) is 17.2 Å². The van der Waals surface area contributed by atoms with Crippen molar-refractivity contribution in [3.05, 3.63) is 66.5 Å². The van der Waals surface area contributed by atoms with Gasteiger partial charge in [-0.3, -0.25) is 29.7 Å². The normalized spacial score (nSPS) is 14.0. The highest BCUT2D eigenvalue weighted by molar-refractivity contribution is 7.93. The number of aromatic nitrogens is 1. The number of hydrazine groups is 1. The third-order valence-electron chi connectivity index (χ3n) is 4.67. The molecule has 1 aromatic heterocycles. The van der Waals surface area contributed by atoms with Crippen LogP contribution in [0.1, 0.15) is 12.0 Å². The van der Waals surface area contributed by atoms with Crippen LogP contribution in [0.2, 0.25) is 0 Å². The zero-order valence-corrected chi connectivity index (χ0v) is 16.1. The Kier molecular flexibility index (Phi) is 4.89. The van der Waals surface area contributed by atoms with Gasteiger partial charge in [0.25, 0.3) is 15.9 Å². The summed E-state index contributed by atoms with van der Waals surface area (Å²) in [5.74, 6) is -1.01. The first kappa shape index (κ1) is 18.9. The molecule has 8 nitrogen and oxygen atoms in total. The van der Waals surface area contributed by atoms with E-state index in [2.05, 4.69) is 15.8 Å². The van der Waals surface area contributed by atoms with Gasteiger partial charge in [-0.1, -0.05) is 30.3 Å². The van der Waals surface area contributed by atoms with Crippen LogP contribution in [0.4, 0.5) is 5.69 Å². The highest BCUT2D eigenvalue weighted by Gasteiger charge is 2.36. The van der Waals surface area contributed by atoms with Gasteiger partial charge in [-0.05, 0) is 35.6 Å². The summed E-state index contributed by atoms with van der Waals surface area (Å²) in [6, 6.07) is 13.9. The number of hydrogen-bond donors (Lipinski definition) is 2. The Morgan fingerprint density at radius 2 is 1.72 bits per heavy atom. The van der Waals surface area contributed by atoms with E-state index in [1.54, 1.807) is 36.7 Å². The van der Waals surface area contributed by atoms with E-state index in [0.717, 1.165) is 15.3 Å². The number of amides is 2. The van der Waals surface area contributed by atoms with E-state index < -0.39 is 22.5 Å². The number of carbonyl (C=O) groups is 2. The fourth-order valence-electron chi connectivity index (χ4n) is 3.30. The summed E-state index contributed by atoms with van der Waals surface area (Å²) < 4.78 is 26.8. The molecular weight excluding hydrogens is 392 g/mol. The lowest BCUT2D eigenvalue weighted by Gasteiger charge is -2.18. The molecule has 2 aromatic carbocycles. The number of nitrogens with zero attached hydrogens (tertiary/aromatic N) is 2. The van der Waals surface area contributed by atoms with Crippen LogP contribution in [0.3, 0.4) is 0 Å². The van der Waals surface area contributed by atoms with Crippen LogP contribution >= 0.6 is 0 Å². The Bertz CT molecular complexity index is 1190. The van der Waals surface area contributed by atoms with Gasteiger partial charge in [-0.2, -0.15) is 0 Å². The molecule has 0 radical (unpaired) electrons. The molecule has 0 saturated carbocycles. The molecule has 1 aliphatic heterocycles. The van der Waals surface area contributed by atoms with Crippen LogP contribution in [-0.4, -0.2) is 31.8 Å². The summed E-state index contributed by atoms with van der Waals surface area (Å²) in [6.07, 6.45) is 3.96. The molecule has 2 N–H and O–H groups in total. The fourth-order valence-corrected chi connectivity index (χ4v) is 4.97. The van der Waals surface area contributed by atoms with E-state index in [9.17, 15) is 18.0 Å². The Morgan fingerprint density at radius 3 is 2.48 bits per heavy atom. The van der Waals surface area contributed by atoms with Gasteiger partial charge in [-0.25, -0.2) is 8.42 Å². The van der Waals surface area contributed by atoms with Crippen molar-refractivity contribution in [1.82, 2.24) is 15.8 Å². The molecule has 4 rings (SSSR count). The molecule has 0 bridgehead atoms. The highest BCUT2D eigenvalue weighted by Crippen LogP contribution is 2.41. The third-order valence-corrected chi connectivity index (χ3v) is 6.48. The molecule has 148 valence electrons. The molecule has 1 aliphatic rings. The third kappa shape index (κ3) is 3.64. The Morgan fingerprint density at radius 1 is 0.966 bits per heavy atom. The maximum Gasteiger partial charge on any atom is 0.265 e. The van der Waals surface area contributed by atoms with Gasteiger partial charge in [0, 0.05) is 24.2 Å². The van der Waals surface area contributed by atoms with Gasteiger partial charge in [-0.15, -0.1) is 0 Å². The second-order valence-corrected chi connectivity index (χ2v) is 8.43. The molecule has 0 spiro atoms. The summed E-state index contributed by atoms with van der Waals surface area (Å²) in [4.78, 5) is 28.4. The van der Waals surface area contributed by atoms with Crippen LogP contribution < -0.4 is 15.2 Å². The van der Waals surface area contributed by atoms with Crippen LogP contribution in [0, 0.1) is 0 Å². The molecule has 29 heavy (non-hydrogen) atoms. The number of hydrogen-bond acceptors (Lipinski definition) is 5. The lowest BCUT2D eigenvalue weighted by molar-refractivity contribution is -0.128. The average molecular weight is 410 g/mol. The minimum Gasteiger partial charge on any atom is -0.273 e. The maximum atomic E-state index is 12.9. The van der Waals surface area contributed by atoms with Gasteiger partial charge in [0.05, 0.1) is 10.6 Å². The molecule has 0 fully saturated rings. The van der Waals surface area contributed by atoms with Crippen LogP contribution in [-0.2, 0) is 26.0 Å². The van der Waals surface area contributed by atoms with E-state index >= 15 is 0 Å². The summed E-state index contributed by atoms with van der Waals surface area (Å²) in [5.41, 5.74) is 5.96.